The highest BCUT2D eigenvalue weighted by molar-refractivity contribution is 7.80. The molecule has 0 bridgehead atoms. The van der Waals surface area contributed by atoms with Crippen molar-refractivity contribution in [3.8, 4) is 0 Å². The van der Waals surface area contributed by atoms with Crippen LogP contribution in [0.2, 0.25) is 0 Å². The van der Waals surface area contributed by atoms with Gasteiger partial charge < -0.3 is 4.90 Å². The van der Waals surface area contributed by atoms with Crippen molar-refractivity contribution in [2.75, 3.05) is 13.6 Å². The maximum absolute atomic E-state index is 13.4. The summed E-state index contributed by atoms with van der Waals surface area (Å²) >= 11 is 3.86. The number of rotatable bonds is 6. The Morgan fingerprint density at radius 2 is 1.65 bits per heavy atom. The molecule has 1 fully saturated rings. The highest BCUT2D eigenvalue weighted by Gasteiger charge is 2.32. The lowest BCUT2D eigenvalue weighted by molar-refractivity contribution is -0.137. The van der Waals surface area contributed by atoms with Crippen molar-refractivity contribution in [1.29, 1.82) is 0 Å². The molecule has 0 amide bonds. The summed E-state index contributed by atoms with van der Waals surface area (Å²) in [6, 6.07) is 4.63. The number of piperidine rings is 1. The normalized spacial score (nSPS) is 17.6. The van der Waals surface area contributed by atoms with Crippen LogP contribution < -0.4 is 0 Å². The third kappa shape index (κ3) is 11.3. The van der Waals surface area contributed by atoms with Crippen molar-refractivity contribution in [1.82, 2.24) is 4.90 Å². The fourth-order valence-corrected chi connectivity index (χ4v) is 3.82. The molecule has 1 nitrogen and oxygen atoms in total. The second-order valence-corrected chi connectivity index (χ2v) is 9.29. The van der Waals surface area contributed by atoms with Crippen molar-refractivity contribution in [3.63, 3.8) is 0 Å². The highest BCUT2D eigenvalue weighted by Crippen LogP contribution is 2.32. The Balaban J connectivity index is 0.000000516. The van der Waals surface area contributed by atoms with E-state index in [9.17, 15) is 26.3 Å². The Bertz CT molecular complexity index is 1010. The van der Waals surface area contributed by atoms with Gasteiger partial charge in [0.2, 0.25) is 0 Å². The molecule has 206 valence electrons. The number of alkyl halides is 6. The highest BCUT2D eigenvalue weighted by atomic mass is 32.1. The molecule has 1 saturated heterocycles. The first-order valence-electron chi connectivity index (χ1n) is 12.3. The van der Waals surface area contributed by atoms with Gasteiger partial charge >= 0.3 is 12.4 Å². The SMILES string of the molecule is C\C=C/C(=C\C(=C\CC)C(F)(F)F)C(/C=C1/CCCCN1C)=C(C)CC.FC(F)(F)c1ccc(S)cc1. The van der Waals surface area contributed by atoms with Crippen LogP contribution in [0.25, 0.3) is 0 Å². The zero-order valence-corrected chi connectivity index (χ0v) is 23.0. The molecule has 0 spiro atoms. The predicted molar refractivity (Wildman–Crippen MR) is 144 cm³/mol. The molecule has 2 rings (SSSR count). The van der Waals surface area contributed by atoms with Crippen LogP contribution in [0.5, 0.6) is 0 Å². The van der Waals surface area contributed by atoms with Gasteiger partial charge in [0, 0.05) is 24.2 Å². The van der Waals surface area contributed by atoms with E-state index >= 15 is 0 Å². The number of hydrogen-bond donors (Lipinski definition) is 1. The van der Waals surface area contributed by atoms with Crippen LogP contribution in [-0.4, -0.2) is 24.7 Å². The Kier molecular flexibility index (Phi) is 13.4. The number of thiol groups is 1. The van der Waals surface area contributed by atoms with Gasteiger partial charge in [-0.25, -0.2) is 0 Å². The Morgan fingerprint density at radius 1 is 1.03 bits per heavy atom. The topological polar surface area (TPSA) is 3.24 Å². The molecular formula is C29H37F6NS. The van der Waals surface area contributed by atoms with E-state index in [1.54, 1.807) is 19.1 Å². The molecule has 1 aliphatic rings. The van der Waals surface area contributed by atoms with E-state index in [-0.39, 0.29) is 0 Å². The molecule has 1 aliphatic heterocycles. The fraction of sp³-hybridized carbons (Fsp3) is 0.448. The summed E-state index contributed by atoms with van der Waals surface area (Å²) in [5.74, 6) is 0. The van der Waals surface area contributed by atoms with Crippen molar-refractivity contribution in [2.24, 2.45) is 0 Å². The number of nitrogens with zero attached hydrogens (tertiary/aromatic N) is 1. The Hall–Kier alpha value is -2.35. The first-order valence-corrected chi connectivity index (χ1v) is 12.8. The summed E-state index contributed by atoms with van der Waals surface area (Å²) in [7, 11) is 2.06. The van der Waals surface area contributed by atoms with E-state index in [0.29, 0.717) is 16.9 Å². The van der Waals surface area contributed by atoms with Crippen LogP contribution in [0.4, 0.5) is 26.3 Å². The van der Waals surface area contributed by atoms with E-state index in [0.717, 1.165) is 55.5 Å². The van der Waals surface area contributed by atoms with Crippen LogP contribution in [0.3, 0.4) is 0 Å². The number of allylic oxidation sites excluding steroid dienone is 10. The Labute approximate surface area is 222 Å². The molecule has 0 unspecified atom stereocenters. The molecule has 1 aromatic rings. The van der Waals surface area contributed by atoms with E-state index in [2.05, 4.69) is 30.7 Å². The number of hydrogen-bond acceptors (Lipinski definition) is 2. The summed E-state index contributed by atoms with van der Waals surface area (Å²) in [5, 5.41) is 0. The lowest BCUT2D eigenvalue weighted by Crippen LogP contribution is -2.23. The number of likely N-dealkylation sites (tertiary alicyclic amines) is 1. The quantitative estimate of drug-likeness (QED) is 0.211. The molecular weight excluding hydrogens is 508 g/mol. The third-order valence-electron chi connectivity index (χ3n) is 5.88. The van der Waals surface area contributed by atoms with E-state index in [1.807, 2.05) is 20.8 Å². The predicted octanol–water partition coefficient (Wildman–Crippen LogP) is 10.1. The summed E-state index contributed by atoms with van der Waals surface area (Å²) in [6.07, 6.45) is 4.03. The van der Waals surface area contributed by atoms with Gasteiger partial charge in [-0.15, -0.1) is 12.6 Å². The second-order valence-electron chi connectivity index (χ2n) is 8.77. The monoisotopic (exact) mass is 545 g/mol. The van der Waals surface area contributed by atoms with Gasteiger partial charge in [-0.1, -0.05) is 37.6 Å². The van der Waals surface area contributed by atoms with Gasteiger partial charge in [0.25, 0.3) is 0 Å². The molecule has 0 atom stereocenters. The fourth-order valence-electron chi connectivity index (χ4n) is 3.67. The largest absolute Gasteiger partial charge is 0.416 e. The third-order valence-corrected chi connectivity index (χ3v) is 6.18. The molecule has 1 heterocycles. The van der Waals surface area contributed by atoms with Crippen LogP contribution in [-0.2, 0) is 6.18 Å². The van der Waals surface area contributed by atoms with Gasteiger partial charge in [0.1, 0.15) is 0 Å². The van der Waals surface area contributed by atoms with Gasteiger partial charge in [-0.05, 0) is 93.5 Å². The lowest BCUT2D eigenvalue weighted by Gasteiger charge is -2.28. The van der Waals surface area contributed by atoms with Crippen LogP contribution >= 0.6 is 12.6 Å². The summed E-state index contributed by atoms with van der Waals surface area (Å²) in [5.41, 5.74) is 2.59. The number of benzene rings is 1. The second kappa shape index (κ2) is 15.2. The molecule has 0 saturated carbocycles. The van der Waals surface area contributed by atoms with Crippen LogP contribution in [0, 0.1) is 0 Å². The van der Waals surface area contributed by atoms with Gasteiger partial charge in [-0.3, -0.25) is 0 Å². The first kappa shape index (κ1) is 32.7. The van der Waals surface area contributed by atoms with Gasteiger partial charge in [-0.2, -0.15) is 26.3 Å². The van der Waals surface area contributed by atoms with Crippen molar-refractivity contribution in [2.45, 2.75) is 77.0 Å². The molecule has 0 aliphatic carbocycles. The average molecular weight is 546 g/mol. The molecule has 0 N–H and O–H groups in total. The molecule has 1 aromatic carbocycles. The zero-order chi connectivity index (χ0) is 28.2. The van der Waals surface area contributed by atoms with Gasteiger partial charge in [0.15, 0.2) is 0 Å². The first-order chi connectivity index (χ1) is 17.2. The molecule has 0 aromatic heterocycles. The minimum atomic E-state index is -4.34. The molecule has 8 heteroatoms. The smallest absolute Gasteiger partial charge is 0.378 e. The summed E-state index contributed by atoms with van der Waals surface area (Å²) in [6.45, 7) is 8.60. The molecule has 0 radical (unpaired) electrons. The van der Waals surface area contributed by atoms with Crippen molar-refractivity contribution < 1.29 is 26.3 Å². The zero-order valence-electron chi connectivity index (χ0n) is 22.1. The van der Waals surface area contributed by atoms with Crippen LogP contribution in [0.15, 0.2) is 87.5 Å². The minimum Gasteiger partial charge on any atom is -0.378 e. The van der Waals surface area contributed by atoms with Crippen LogP contribution in [0.1, 0.15) is 65.4 Å². The maximum Gasteiger partial charge on any atom is 0.416 e. The maximum atomic E-state index is 13.4. The van der Waals surface area contributed by atoms with Crippen molar-refractivity contribution >= 4 is 12.6 Å². The summed E-state index contributed by atoms with van der Waals surface area (Å²) < 4.78 is 75.9. The lowest BCUT2D eigenvalue weighted by atomic mass is 9.93. The summed E-state index contributed by atoms with van der Waals surface area (Å²) in [4.78, 5) is 2.74. The minimum absolute atomic E-state index is 0.351. The number of halogens is 6. The standard InChI is InChI=1S/C22H32F3N.C7H5F3S/c1-6-11-18(15-19(12-7-2)22(23,24)25)21(17(4)8-3)16-20-13-9-10-14-26(20)5;8-7(9,10)5-1-3-6(11)4-2-5/h6,11-12,15-16H,7-10,13-14H2,1-5H3;1-4,11H/b11-6-,18-15+,19-12-,20-16-,21-17?;. The van der Waals surface area contributed by atoms with Crippen molar-refractivity contribution in [3.05, 3.63) is 88.2 Å². The van der Waals surface area contributed by atoms with E-state index < -0.39 is 23.5 Å². The van der Waals surface area contributed by atoms with E-state index in [4.69, 9.17) is 0 Å². The van der Waals surface area contributed by atoms with E-state index in [1.165, 1.54) is 30.0 Å². The molecule has 37 heavy (non-hydrogen) atoms. The van der Waals surface area contributed by atoms with Gasteiger partial charge in [0.05, 0.1) is 11.1 Å². The average Bonchev–Trinajstić information content (AvgIpc) is 2.82. The Morgan fingerprint density at radius 3 is 2.11 bits per heavy atom.